The molecule has 0 saturated heterocycles. The van der Waals surface area contributed by atoms with Crippen LogP contribution in [0.5, 0.6) is 0 Å². The van der Waals surface area contributed by atoms with E-state index in [0.29, 0.717) is 18.3 Å². The first kappa shape index (κ1) is 12.5. The molecule has 0 aliphatic heterocycles. The van der Waals surface area contributed by atoms with Crippen LogP contribution in [0.1, 0.15) is 25.7 Å². The molecule has 1 saturated carbocycles. The van der Waals surface area contributed by atoms with Crippen LogP contribution >= 0.6 is 11.6 Å². The molecule has 0 heterocycles. The molecule has 1 amide bonds. The molecule has 4 heteroatoms. The molecule has 3 nitrogen and oxygen atoms in total. The molecule has 0 radical (unpaired) electrons. The molecule has 0 aromatic rings. The molecule has 2 N–H and O–H groups in total. The highest BCUT2D eigenvalue weighted by Gasteiger charge is 2.22. The Labute approximate surface area is 96.3 Å². The third-order valence-electron chi connectivity index (χ3n) is 2.22. The summed E-state index contributed by atoms with van der Waals surface area (Å²) in [7, 11) is 0. The van der Waals surface area contributed by atoms with Crippen molar-refractivity contribution in [1.29, 1.82) is 0 Å². The van der Waals surface area contributed by atoms with Crippen molar-refractivity contribution in [3.05, 3.63) is 12.2 Å². The maximum Gasteiger partial charge on any atom is 0.220 e. The molecule has 1 fully saturated rings. The molecule has 1 rings (SSSR count). The Kier molecular flexibility index (Phi) is 6.44. The lowest BCUT2D eigenvalue weighted by Crippen LogP contribution is -2.26. The number of rotatable bonds is 8. The Morgan fingerprint density at radius 3 is 2.87 bits per heavy atom. The van der Waals surface area contributed by atoms with Gasteiger partial charge in [0, 0.05) is 24.9 Å². The molecule has 15 heavy (non-hydrogen) atoms. The normalized spacial score (nSPS) is 15.8. The molecule has 0 atom stereocenters. The zero-order chi connectivity index (χ0) is 10.9. The summed E-state index contributed by atoms with van der Waals surface area (Å²) in [6.45, 7) is 1.71. The number of alkyl halides is 1. The maximum absolute atomic E-state index is 11.3. The summed E-state index contributed by atoms with van der Waals surface area (Å²) < 4.78 is 0. The van der Waals surface area contributed by atoms with Gasteiger partial charge in [0.2, 0.25) is 5.91 Å². The van der Waals surface area contributed by atoms with Gasteiger partial charge < -0.3 is 10.6 Å². The molecule has 0 unspecified atom stereocenters. The fourth-order valence-corrected chi connectivity index (χ4v) is 1.36. The molecule has 0 bridgehead atoms. The van der Waals surface area contributed by atoms with Crippen molar-refractivity contribution in [3.63, 3.8) is 0 Å². The van der Waals surface area contributed by atoms with Crippen molar-refractivity contribution in [1.82, 2.24) is 10.6 Å². The second-order valence-corrected chi connectivity index (χ2v) is 4.08. The van der Waals surface area contributed by atoms with Crippen LogP contribution < -0.4 is 10.6 Å². The minimum atomic E-state index is 0.190. The lowest BCUT2D eigenvalue weighted by molar-refractivity contribution is -0.121. The highest BCUT2D eigenvalue weighted by Crippen LogP contribution is 2.18. The van der Waals surface area contributed by atoms with Gasteiger partial charge in [0.25, 0.3) is 0 Å². The predicted molar refractivity (Wildman–Crippen MR) is 63.1 cm³/mol. The first-order chi connectivity index (χ1) is 7.33. The predicted octanol–water partition coefficient (Wildman–Crippen LogP) is 1.43. The highest BCUT2D eigenvalue weighted by atomic mass is 35.5. The van der Waals surface area contributed by atoms with Gasteiger partial charge in [0.1, 0.15) is 0 Å². The number of nitrogens with one attached hydrogen (secondary N) is 2. The fraction of sp³-hybridized carbons (Fsp3) is 0.727. The standard InChI is InChI=1S/C11H19ClN2O/c12-7-1-2-8-13-9-3-4-11(15)14-10-5-6-10/h1-2,10,13H,3-9H2,(H,14,15)/b2-1+. The van der Waals surface area contributed by atoms with Gasteiger partial charge in [0.05, 0.1) is 0 Å². The summed E-state index contributed by atoms with van der Waals surface area (Å²) in [5, 5.41) is 6.19. The average molecular weight is 231 g/mol. The van der Waals surface area contributed by atoms with Crippen LogP contribution in [0.4, 0.5) is 0 Å². The van der Waals surface area contributed by atoms with Crippen LogP contribution in [-0.4, -0.2) is 30.9 Å². The number of amides is 1. The lowest BCUT2D eigenvalue weighted by atomic mass is 10.3. The maximum atomic E-state index is 11.3. The quantitative estimate of drug-likeness (QED) is 0.376. The van der Waals surface area contributed by atoms with Crippen LogP contribution in [0.25, 0.3) is 0 Å². The van der Waals surface area contributed by atoms with Crippen LogP contribution in [0, 0.1) is 0 Å². The molecule has 0 aromatic heterocycles. The van der Waals surface area contributed by atoms with Crippen molar-refractivity contribution in [3.8, 4) is 0 Å². The summed E-state index contributed by atoms with van der Waals surface area (Å²) in [5.74, 6) is 0.751. The van der Waals surface area contributed by atoms with E-state index in [1.807, 2.05) is 12.2 Å². The summed E-state index contributed by atoms with van der Waals surface area (Å²) in [4.78, 5) is 11.3. The highest BCUT2D eigenvalue weighted by molar-refractivity contribution is 6.18. The SMILES string of the molecule is O=C(CCCNC/C=C/CCl)NC1CC1. The van der Waals surface area contributed by atoms with Gasteiger partial charge in [-0.3, -0.25) is 4.79 Å². The van der Waals surface area contributed by atoms with Gasteiger partial charge in [-0.2, -0.15) is 0 Å². The monoisotopic (exact) mass is 230 g/mol. The lowest BCUT2D eigenvalue weighted by Gasteiger charge is -2.03. The van der Waals surface area contributed by atoms with E-state index in [4.69, 9.17) is 11.6 Å². The molecule has 1 aliphatic rings. The third kappa shape index (κ3) is 7.40. The number of carbonyl (C=O) groups excluding carboxylic acids is 1. The van der Waals surface area contributed by atoms with E-state index in [0.717, 1.165) is 32.4 Å². The van der Waals surface area contributed by atoms with E-state index in [1.165, 1.54) is 0 Å². The molecule has 1 aliphatic carbocycles. The van der Waals surface area contributed by atoms with E-state index in [9.17, 15) is 4.79 Å². The molecule has 0 spiro atoms. The Morgan fingerprint density at radius 1 is 1.40 bits per heavy atom. The average Bonchev–Trinajstić information content (AvgIpc) is 3.00. The first-order valence-corrected chi connectivity index (χ1v) is 6.07. The topological polar surface area (TPSA) is 41.1 Å². The van der Waals surface area contributed by atoms with Crippen LogP contribution in [0.2, 0.25) is 0 Å². The van der Waals surface area contributed by atoms with Gasteiger partial charge in [-0.15, -0.1) is 11.6 Å². The Morgan fingerprint density at radius 2 is 2.20 bits per heavy atom. The number of allylic oxidation sites excluding steroid dienone is 1. The van der Waals surface area contributed by atoms with Crippen molar-refractivity contribution in [2.75, 3.05) is 19.0 Å². The minimum Gasteiger partial charge on any atom is -0.353 e. The smallest absolute Gasteiger partial charge is 0.220 e. The van der Waals surface area contributed by atoms with Gasteiger partial charge in [0.15, 0.2) is 0 Å². The van der Waals surface area contributed by atoms with Crippen LogP contribution in [0.15, 0.2) is 12.2 Å². The zero-order valence-corrected chi connectivity index (χ0v) is 9.72. The minimum absolute atomic E-state index is 0.190. The van der Waals surface area contributed by atoms with E-state index < -0.39 is 0 Å². The van der Waals surface area contributed by atoms with E-state index in [1.54, 1.807) is 0 Å². The van der Waals surface area contributed by atoms with Gasteiger partial charge in [-0.1, -0.05) is 12.2 Å². The Hall–Kier alpha value is -0.540. The molecular formula is C11H19ClN2O. The zero-order valence-electron chi connectivity index (χ0n) is 8.97. The summed E-state index contributed by atoms with van der Waals surface area (Å²) in [5.41, 5.74) is 0. The van der Waals surface area contributed by atoms with E-state index in [2.05, 4.69) is 10.6 Å². The third-order valence-corrected chi connectivity index (χ3v) is 2.40. The Balaban J connectivity index is 1.83. The number of halogens is 1. The van der Waals surface area contributed by atoms with E-state index in [-0.39, 0.29) is 5.91 Å². The van der Waals surface area contributed by atoms with Gasteiger partial charge >= 0.3 is 0 Å². The van der Waals surface area contributed by atoms with Crippen LogP contribution in [0.3, 0.4) is 0 Å². The van der Waals surface area contributed by atoms with Crippen molar-refractivity contribution in [2.45, 2.75) is 31.7 Å². The van der Waals surface area contributed by atoms with Crippen molar-refractivity contribution in [2.24, 2.45) is 0 Å². The summed E-state index contributed by atoms with van der Waals surface area (Å²) in [6.07, 6.45) is 7.75. The summed E-state index contributed by atoms with van der Waals surface area (Å²) >= 11 is 5.47. The fourth-order valence-electron chi connectivity index (χ4n) is 1.23. The number of hydrogen-bond donors (Lipinski definition) is 2. The first-order valence-electron chi connectivity index (χ1n) is 5.54. The van der Waals surface area contributed by atoms with Gasteiger partial charge in [-0.05, 0) is 25.8 Å². The molecule has 86 valence electrons. The van der Waals surface area contributed by atoms with Gasteiger partial charge in [-0.25, -0.2) is 0 Å². The Bertz CT molecular complexity index is 215. The largest absolute Gasteiger partial charge is 0.353 e. The molecular weight excluding hydrogens is 212 g/mol. The van der Waals surface area contributed by atoms with Crippen molar-refractivity contribution >= 4 is 17.5 Å². The second kappa shape index (κ2) is 7.71. The van der Waals surface area contributed by atoms with Crippen molar-refractivity contribution < 1.29 is 4.79 Å². The van der Waals surface area contributed by atoms with Crippen LogP contribution in [-0.2, 0) is 4.79 Å². The number of carbonyl (C=O) groups is 1. The van der Waals surface area contributed by atoms with E-state index >= 15 is 0 Å². The summed E-state index contributed by atoms with van der Waals surface area (Å²) in [6, 6.07) is 0.483. The number of hydrogen-bond acceptors (Lipinski definition) is 2. The molecule has 0 aromatic carbocycles. The second-order valence-electron chi connectivity index (χ2n) is 3.78.